The second-order valence-electron chi connectivity index (χ2n) is 4.21. The highest BCUT2D eigenvalue weighted by Crippen LogP contribution is 2.24. The van der Waals surface area contributed by atoms with Crippen molar-refractivity contribution >= 4 is 11.8 Å². The summed E-state index contributed by atoms with van der Waals surface area (Å²) in [6.45, 7) is 0. The number of nitrogens with zero attached hydrogens (tertiary/aromatic N) is 4. The number of halogens is 2. The molecule has 0 N–H and O–H groups in total. The Balaban J connectivity index is 1.77. The Kier molecular flexibility index (Phi) is 3.92. The van der Waals surface area contributed by atoms with Gasteiger partial charge < -0.3 is 0 Å². The fourth-order valence-electron chi connectivity index (χ4n) is 1.78. The first-order valence-corrected chi connectivity index (χ1v) is 7.13. The molecule has 4 nitrogen and oxygen atoms in total. The first kappa shape index (κ1) is 13.7. The average molecular weight is 304 g/mol. The summed E-state index contributed by atoms with van der Waals surface area (Å²) >= 11 is 1.34. The van der Waals surface area contributed by atoms with E-state index in [-0.39, 0.29) is 0 Å². The zero-order valence-electron chi connectivity index (χ0n) is 10.8. The molecule has 7 heteroatoms. The third-order valence-electron chi connectivity index (χ3n) is 2.79. The maximum Gasteiger partial charge on any atom is 0.166 e. The average Bonchev–Trinajstić information content (AvgIpc) is 2.98. The van der Waals surface area contributed by atoms with Gasteiger partial charge in [-0.2, -0.15) is 4.68 Å². The molecule has 0 aliphatic carbocycles. The normalized spacial score (nSPS) is 10.8. The fourth-order valence-corrected chi connectivity index (χ4v) is 2.61. The van der Waals surface area contributed by atoms with Crippen molar-refractivity contribution < 1.29 is 8.78 Å². The summed E-state index contributed by atoms with van der Waals surface area (Å²) in [6.07, 6.45) is 0. The van der Waals surface area contributed by atoms with E-state index in [4.69, 9.17) is 0 Å². The molecule has 0 aliphatic heterocycles. The lowest BCUT2D eigenvalue weighted by molar-refractivity contribution is 0.506. The van der Waals surface area contributed by atoms with Crippen LogP contribution < -0.4 is 0 Å². The molecular weight excluding hydrogens is 294 g/mol. The van der Waals surface area contributed by atoms with E-state index in [2.05, 4.69) is 15.5 Å². The van der Waals surface area contributed by atoms with Crippen LogP contribution in [-0.4, -0.2) is 20.2 Å². The minimum atomic E-state index is -0.859. The predicted octanol–water partition coefficient (Wildman–Crippen LogP) is 3.23. The third kappa shape index (κ3) is 3.08. The lowest BCUT2D eigenvalue weighted by atomic mass is 10.3. The smallest absolute Gasteiger partial charge is 0.166 e. The molecule has 1 aromatic heterocycles. The number of hydrogen-bond acceptors (Lipinski definition) is 4. The number of tetrazole rings is 1. The molecule has 0 atom stereocenters. The van der Waals surface area contributed by atoms with Gasteiger partial charge in [0.2, 0.25) is 0 Å². The van der Waals surface area contributed by atoms with Crippen LogP contribution in [0.15, 0.2) is 53.4 Å². The minimum absolute atomic E-state index is 0.451. The molecule has 0 saturated heterocycles. The lowest BCUT2D eigenvalue weighted by Gasteiger charge is -2.04. The van der Waals surface area contributed by atoms with Crippen molar-refractivity contribution in [2.75, 3.05) is 0 Å². The molecule has 21 heavy (non-hydrogen) atoms. The van der Waals surface area contributed by atoms with Crippen LogP contribution in [0.1, 0.15) is 5.82 Å². The van der Waals surface area contributed by atoms with Gasteiger partial charge >= 0.3 is 0 Å². The van der Waals surface area contributed by atoms with Crippen LogP contribution in [0, 0.1) is 11.6 Å². The van der Waals surface area contributed by atoms with Crippen molar-refractivity contribution in [2.45, 2.75) is 10.6 Å². The SMILES string of the molecule is Fc1ccc(SCc2nnnn2-c2ccccc2)cc1F. The topological polar surface area (TPSA) is 43.6 Å². The first-order chi connectivity index (χ1) is 10.2. The van der Waals surface area contributed by atoms with Crippen LogP contribution in [0.4, 0.5) is 8.78 Å². The third-order valence-corrected chi connectivity index (χ3v) is 3.78. The van der Waals surface area contributed by atoms with Crippen LogP contribution in [0.25, 0.3) is 5.69 Å². The standard InChI is InChI=1S/C14H10F2N4S/c15-12-7-6-11(8-13(12)16)21-9-14-17-18-19-20(14)10-4-2-1-3-5-10/h1-8H,9H2. The molecule has 0 unspecified atom stereocenters. The Labute approximate surface area is 123 Å². The van der Waals surface area contributed by atoms with E-state index in [0.29, 0.717) is 16.5 Å². The van der Waals surface area contributed by atoms with Gasteiger partial charge in [0, 0.05) is 4.90 Å². The van der Waals surface area contributed by atoms with Crippen LogP contribution >= 0.6 is 11.8 Å². The molecular formula is C14H10F2N4S. The van der Waals surface area contributed by atoms with Crippen LogP contribution in [0.3, 0.4) is 0 Å². The molecule has 0 amide bonds. The summed E-state index contributed by atoms with van der Waals surface area (Å²) in [7, 11) is 0. The van der Waals surface area contributed by atoms with Crippen LogP contribution in [0.2, 0.25) is 0 Å². The molecule has 1 heterocycles. The molecule has 0 bridgehead atoms. The Morgan fingerprint density at radius 1 is 1.00 bits per heavy atom. The monoisotopic (exact) mass is 304 g/mol. The van der Waals surface area contributed by atoms with Crippen molar-refractivity contribution in [3.63, 3.8) is 0 Å². The Hall–Kier alpha value is -2.28. The molecule has 0 fully saturated rings. The van der Waals surface area contributed by atoms with Crippen molar-refractivity contribution in [1.82, 2.24) is 20.2 Å². The second kappa shape index (κ2) is 6.01. The number of thioether (sulfide) groups is 1. The molecule has 0 saturated carbocycles. The maximum absolute atomic E-state index is 13.2. The van der Waals surface area contributed by atoms with Gasteiger partial charge in [0.1, 0.15) is 0 Å². The van der Waals surface area contributed by atoms with Gasteiger partial charge in [0.05, 0.1) is 11.4 Å². The van der Waals surface area contributed by atoms with E-state index in [1.807, 2.05) is 30.3 Å². The van der Waals surface area contributed by atoms with E-state index in [0.717, 1.165) is 17.8 Å². The zero-order valence-corrected chi connectivity index (χ0v) is 11.6. The number of aromatic nitrogens is 4. The van der Waals surface area contributed by atoms with Crippen molar-refractivity contribution in [2.24, 2.45) is 0 Å². The number of hydrogen-bond donors (Lipinski definition) is 0. The van der Waals surface area contributed by atoms with Gasteiger partial charge in [0.25, 0.3) is 0 Å². The molecule has 3 rings (SSSR count). The highest BCUT2D eigenvalue weighted by atomic mass is 32.2. The van der Waals surface area contributed by atoms with Gasteiger partial charge in [-0.05, 0) is 40.8 Å². The van der Waals surface area contributed by atoms with Crippen molar-refractivity contribution in [1.29, 1.82) is 0 Å². The maximum atomic E-state index is 13.2. The minimum Gasteiger partial charge on any atom is -0.204 e. The first-order valence-electron chi connectivity index (χ1n) is 6.14. The van der Waals surface area contributed by atoms with E-state index in [1.165, 1.54) is 17.8 Å². The molecule has 0 spiro atoms. The van der Waals surface area contributed by atoms with Crippen molar-refractivity contribution in [3.05, 3.63) is 66.0 Å². The predicted molar refractivity (Wildman–Crippen MR) is 75.1 cm³/mol. The molecule has 0 radical (unpaired) electrons. The lowest BCUT2D eigenvalue weighted by Crippen LogP contribution is -2.01. The number of para-hydroxylation sites is 1. The van der Waals surface area contributed by atoms with Crippen molar-refractivity contribution in [3.8, 4) is 5.69 Å². The Morgan fingerprint density at radius 2 is 1.81 bits per heavy atom. The van der Waals surface area contributed by atoms with Gasteiger partial charge in [0.15, 0.2) is 17.5 Å². The van der Waals surface area contributed by atoms with E-state index in [1.54, 1.807) is 4.68 Å². The Bertz CT molecular complexity index is 746. The highest BCUT2D eigenvalue weighted by molar-refractivity contribution is 7.98. The molecule has 0 aliphatic rings. The fraction of sp³-hybridized carbons (Fsp3) is 0.0714. The quantitative estimate of drug-likeness (QED) is 0.694. The van der Waals surface area contributed by atoms with Crippen LogP contribution in [0.5, 0.6) is 0 Å². The van der Waals surface area contributed by atoms with Crippen LogP contribution in [-0.2, 0) is 5.75 Å². The summed E-state index contributed by atoms with van der Waals surface area (Å²) < 4.78 is 27.7. The number of benzene rings is 2. The summed E-state index contributed by atoms with van der Waals surface area (Å²) in [6, 6.07) is 13.3. The zero-order chi connectivity index (χ0) is 14.7. The summed E-state index contributed by atoms with van der Waals surface area (Å²) in [5, 5.41) is 11.6. The van der Waals surface area contributed by atoms with E-state index < -0.39 is 11.6 Å². The summed E-state index contributed by atoms with van der Waals surface area (Å²) in [5.41, 5.74) is 0.850. The molecule has 2 aromatic carbocycles. The van der Waals surface area contributed by atoms with Gasteiger partial charge in [-0.1, -0.05) is 18.2 Å². The van der Waals surface area contributed by atoms with Gasteiger partial charge in [-0.25, -0.2) is 8.78 Å². The second-order valence-corrected chi connectivity index (χ2v) is 5.26. The molecule has 3 aromatic rings. The Morgan fingerprint density at radius 3 is 2.57 bits per heavy atom. The highest BCUT2D eigenvalue weighted by Gasteiger charge is 2.09. The summed E-state index contributed by atoms with van der Waals surface area (Å²) in [4.78, 5) is 0.622. The molecule has 106 valence electrons. The van der Waals surface area contributed by atoms with Gasteiger partial charge in [-0.15, -0.1) is 16.9 Å². The van der Waals surface area contributed by atoms with E-state index >= 15 is 0 Å². The number of rotatable bonds is 4. The van der Waals surface area contributed by atoms with Gasteiger partial charge in [-0.3, -0.25) is 0 Å². The largest absolute Gasteiger partial charge is 0.204 e. The summed E-state index contributed by atoms with van der Waals surface area (Å²) in [5.74, 6) is -0.625. The van der Waals surface area contributed by atoms with E-state index in [9.17, 15) is 8.78 Å².